The largest absolute Gasteiger partial charge is 0.370 e. The molecular weight excluding hydrogens is 297 g/mol. The molecule has 1 aliphatic rings. The van der Waals surface area contributed by atoms with Gasteiger partial charge >= 0.3 is 0 Å². The van der Waals surface area contributed by atoms with E-state index in [2.05, 4.69) is 27.0 Å². The number of rotatable bonds is 2. The van der Waals surface area contributed by atoms with Crippen LogP contribution in [0.1, 0.15) is 11.7 Å². The number of morpholine rings is 1. The Morgan fingerprint density at radius 1 is 1.20 bits per heavy atom. The predicted octanol–water partition coefficient (Wildman–Crippen LogP) is 3.36. The maximum Gasteiger partial charge on any atom is 0.224 e. The zero-order valence-electron chi connectivity index (χ0n) is 10.7. The maximum atomic E-state index is 6.16. The summed E-state index contributed by atoms with van der Waals surface area (Å²) >= 11 is 12.0. The minimum Gasteiger partial charge on any atom is -0.370 e. The normalized spacial score (nSPS) is 19.1. The Balaban J connectivity index is 1.83. The molecule has 0 amide bonds. The zero-order chi connectivity index (χ0) is 13.9. The molecule has 3 rings (SSSR count). The minimum absolute atomic E-state index is 0.00903. The molecule has 104 valence electrons. The highest BCUT2D eigenvalue weighted by Crippen LogP contribution is 2.29. The summed E-state index contributed by atoms with van der Waals surface area (Å²) in [6.45, 7) is 2.05. The van der Waals surface area contributed by atoms with Crippen LogP contribution in [0.2, 0.25) is 10.3 Å². The van der Waals surface area contributed by atoms with Crippen molar-refractivity contribution in [2.24, 2.45) is 0 Å². The summed E-state index contributed by atoms with van der Waals surface area (Å²) in [4.78, 5) is 10.2. The molecular formula is C14H13Cl2N3O. The molecule has 1 atom stereocenters. The summed E-state index contributed by atoms with van der Waals surface area (Å²) in [5.41, 5.74) is 1.15. The zero-order valence-corrected chi connectivity index (χ0v) is 12.2. The highest BCUT2D eigenvalue weighted by atomic mass is 35.5. The van der Waals surface area contributed by atoms with Crippen molar-refractivity contribution in [2.45, 2.75) is 6.10 Å². The first-order chi connectivity index (χ1) is 9.74. The van der Waals surface area contributed by atoms with Gasteiger partial charge in [0.25, 0.3) is 0 Å². The highest BCUT2D eigenvalue weighted by molar-refractivity contribution is 6.33. The Morgan fingerprint density at radius 3 is 2.80 bits per heavy atom. The van der Waals surface area contributed by atoms with Gasteiger partial charge in [-0.3, -0.25) is 0 Å². The Kier molecular flexibility index (Phi) is 4.05. The fourth-order valence-electron chi connectivity index (χ4n) is 2.27. The van der Waals surface area contributed by atoms with E-state index in [0.29, 0.717) is 24.0 Å². The van der Waals surface area contributed by atoms with Gasteiger partial charge in [0, 0.05) is 13.1 Å². The van der Waals surface area contributed by atoms with Crippen LogP contribution in [-0.2, 0) is 4.74 Å². The lowest BCUT2D eigenvalue weighted by molar-refractivity contribution is 0.0395. The van der Waals surface area contributed by atoms with E-state index in [9.17, 15) is 0 Å². The van der Waals surface area contributed by atoms with Gasteiger partial charge in [0.1, 0.15) is 11.1 Å². The van der Waals surface area contributed by atoms with Crippen LogP contribution in [0.4, 0.5) is 5.82 Å². The first-order valence-corrected chi connectivity index (χ1v) is 7.09. The molecule has 0 radical (unpaired) electrons. The number of anilines is 1. The lowest BCUT2D eigenvalue weighted by Crippen LogP contribution is -2.39. The van der Waals surface area contributed by atoms with Crippen LogP contribution in [-0.4, -0.2) is 29.7 Å². The van der Waals surface area contributed by atoms with Crippen LogP contribution >= 0.6 is 23.2 Å². The van der Waals surface area contributed by atoms with E-state index in [1.165, 1.54) is 6.20 Å². The average Bonchev–Trinajstić information content (AvgIpc) is 2.51. The monoisotopic (exact) mass is 309 g/mol. The van der Waals surface area contributed by atoms with E-state index in [1.807, 2.05) is 18.2 Å². The third-order valence-electron chi connectivity index (χ3n) is 3.23. The Labute approximate surface area is 127 Å². The maximum absolute atomic E-state index is 6.16. The molecule has 1 aromatic heterocycles. The Bertz CT molecular complexity index is 594. The molecule has 1 aliphatic heterocycles. The summed E-state index contributed by atoms with van der Waals surface area (Å²) in [7, 11) is 0. The molecule has 1 fully saturated rings. The Hall–Kier alpha value is -1.36. The van der Waals surface area contributed by atoms with Gasteiger partial charge in [0.15, 0.2) is 5.82 Å². The lowest BCUT2D eigenvalue weighted by atomic mass is 10.1. The van der Waals surface area contributed by atoms with E-state index < -0.39 is 0 Å². The molecule has 0 aliphatic carbocycles. The summed E-state index contributed by atoms with van der Waals surface area (Å²) < 4.78 is 5.82. The van der Waals surface area contributed by atoms with Gasteiger partial charge < -0.3 is 9.64 Å². The van der Waals surface area contributed by atoms with Crippen molar-refractivity contribution in [1.29, 1.82) is 0 Å². The van der Waals surface area contributed by atoms with Crippen LogP contribution in [0.15, 0.2) is 36.5 Å². The summed E-state index contributed by atoms with van der Waals surface area (Å²) in [5.74, 6) is 0.663. The van der Waals surface area contributed by atoms with Crippen molar-refractivity contribution in [3.05, 3.63) is 52.4 Å². The van der Waals surface area contributed by atoms with Crippen molar-refractivity contribution in [1.82, 2.24) is 9.97 Å². The molecule has 2 heterocycles. The molecule has 20 heavy (non-hydrogen) atoms. The molecule has 1 unspecified atom stereocenters. The van der Waals surface area contributed by atoms with E-state index in [1.54, 1.807) is 0 Å². The third kappa shape index (κ3) is 2.87. The van der Waals surface area contributed by atoms with Crippen LogP contribution in [0.25, 0.3) is 0 Å². The number of nitrogens with zero attached hydrogens (tertiary/aromatic N) is 3. The lowest BCUT2D eigenvalue weighted by Gasteiger charge is -2.34. The fourth-order valence-corrected chi connectivity index (χ4v) is 2.61. The van der Waals surface area contributed by atoms with Crippen molar-refractivity contribution in [3.8, 4) is 0 Å². The molecule has 2 aromatic rings. The number of hydrogen-bond donors (Lipinski definition) is 0. The Morgan fingerprint density at radius 2 is 2.00 bits per heavy atom. The predicted molar refractivity (Wildman–Crippen MR) is 79.4 cm³/mol. The third-order valence-corrected chi connectivity index (χ3v) is 3.68. The van der Waals surface area contributed by atoms with Crippen molar-refractivity contribution >= 4 is 29.0 Å². The molecule has 1 aromatic carbocycles. The topological polar surface area (TPSA) is 38.2 Å². The van der Waals surface area contributed by atoms with Crippen LogP contribution in [0.5, 0.6) is 0 Å². The van der Waals surface area contributed by atoms with E-state index in [4.69, 9.17) is 27.9 Å². The number of benzene rings is 1. The van der Waals surface area contributed by atoms with E-state index in [-0.39, 0.29) is 11.4 Å². The number of ether oxygens (including phenoxy) is 1. The van der Waals surface area contributed by atoms with E-state index >= 15 is 0 Å². The fraction of sp³-hybridized carbons (Fsp3) is 0.286. The van der Waals surface area contributed by atoms with Crippen molar-refractivity contribution in [3.63, 3.8) is 0 Å². The molecule has 0 N–H and O–H groups in total. The standard InChI is InChI=1S/C14H13Cl2N3O/c15-11-8-17-14(16)18-13(11)19-6-7-20-12(9-19)10-4-2-1-3-5-10/h1-5,8,12H,6-7,9H2. The molecule has 0 spiro atoms. The molecule has 0 bridgehead atoms. The van der Waals surface area contributed by atoms with Crippen LogP contribution in [0, 0.1) is 0 Å². The highest BCUT2D eigenvalue weighted by Gasteiger charge is 2.24. The smallest absolute Gasteiger partial charge is 0.224 e. The minimum atomic E-state index is 0.00903. The second-order valence-corrected chi connectivity index (χ2v) is 5.27. The summed E-state index contributed by atoms with van der Waals surface area (Å²) in [6, 6.07) is 10.1. The average molecular weight is 310 g/mol. The molecule has 4 nitrogen and oxygen atoms in total. The van der Waals surface area contributed by atoms with Crippen molar-refractivity contribution in [2.75, 3.05) is 24.6 Å². The van der Waals surface area contributed by atoms with Crippen LogP contribution < -0.4 is 4.90 Å². The summed E-state index contributed by atoms with van der Waals surface area (Å²) in [5, 5.41) is 0.704. The first-order valence-electron chi connectivity index (χ1n) is 6.33. The summed E-state index contributed by atoms with van der Waals surface area (Å²) in [6.07, 6.45) is 1.54. The van der Waals surface area contributed by atoms with Gasteiger partial charge in [0.2, 0.25) is 5.28 Å². The van der Waals surface area contributed by atoms with Crippen molar-refractivity contribution < 1.29 is 4.74 Å². The second kappa shape index (κ2) is 5.95. The number of hydrogen-bond acceptors (Lipinski definition) is 4. The number of halogens is 2. The van der Waals surface area contributed by atoms with Gasteiger partial charge in [-0.25, -0.2) is 4.98 Å². The first kappa shape index (κ1) is 13.6. The van der Waals surface area contributed by atoms with Gasteiger partial charge in [0.05, 0.1) is 12.8 Å². The van der Waals surface area contributed by atoms with E-state index in [0.717, 1.165) is 12.1 Å². The quantitative estimate of drug-likeness (QED) is 0.797. The van der Waals surface area contributed by atoms with Gasteiger partial charge in [-0.1, -0.05) is 41.9 Å². The van der Waals surface area contributed by atoms with Crippen LogP contribution in [0.3, 0.4) is 0 Å². The number of aromatic nitrogens is 2. The SMILES string of the molecule is Clc1ncc(Cl)c(N2CCOC(c3ccccc3)C2)n1. The van der Waals surface area contributed by atoms with Gasteiger partial charge in [-0.15, -0.1) is 0 Å². The molecule has 1 saturated heterocycles. The molecule has 6 heteroatoms. The second-order valence-electron chi connectivity index (χ2n) is 4.53. The van der Waals surface area contributed by atoms with Gasteiger partial charge in [-0.05, 0) is 17.2 Å². The molecule has 0 saturated carbocycles. The van der Waals surface area contributed by atoms with Gasteiger partial charge in [-0.2, -0.15) is 4.98 Å².